The second-order valence-corrected chi connectivity index (χ2v) is 9.64. The van der Waals surface area contributed by atoms with Crippen molar-refractivity contribution in [3.63, 3.8) is 0 Å². The van der Waals surface area contributed by atoms with E-state index >= 15 is 0 Å². The number of pyridine rings is 3. The normalized spacial score (nSPS) is 13.5. The van der Waals surface area contributed by atoms with Crippen molar-refractivity contribution in [2.45, 2.75) is 12.8 Å². The van der Waals surface area contributed by atoms with E-state index in [1.807, 2.05) is 24.5 Å². The fraction of sp³-hybridized carbons (Fsp3) is 0.0645. The van der Waals surface area contributed by atoms with Gasteiger partial charge in [0.15, 0.2) is 5.65 Å². The molecular weight excluding hydrogens is 428 g/mol. The number of imidazole rings is 1. The molecule has 4 heterocycles. The van der Waals surface area contributed by atoms with Gasteiger partial charge in [0.1, 0.15) is 5.52 Å². The van der Waals surface area contributed by atoms with Gasteiger partial charge in [0, 0.05) is 24.2 Å². The predicted molar refractivity (Wildman–Crippen MR) is 140 cm³/mol. The van der Waals surface area contributed by atoms with Gasteiger partial charge in [-0.3, -0.25) is 14.4 Å². The molecule has 4 nitrogen and oxygen atoms in total. The molecule has 4 aromatic heterocycles. The Morgan fingerprint density at radius 3 is 2.43 bits per heavy atom. The van der Waals surface area contributed by atoms with Crippen LogP contribution in [0.25, 0.3) is 60.9 Å². The van der Waals surface area contributed by atoms with E-state index < -0.39 is 0 Å². The molecule has 0 N–H and O–H groups in total. The first-order valence-corrected chi connectivity index (χ1v) is 12.1. The summed E-state index contributed by atoms with van der Waals surface area (Å²) in [6, 6.07) is 26.2. The topological polar surface area (TPSA) is 43.1 Å². The van der Waals surface area contributed by atoms with Gasteiger partial charge in [-0.15, -0.1) is 0 Å². The number of hydrogen-bond acceptors (Lipinski definition) is 3. The van der Waals surface area contributed by atoms with Crippen LogP contribution in [0.2, 0.25) is 0 Å². The Hall–Kier alpha value is -4.57. The fourth-order valence-electron chi connectivity index (χ4n) is 6.53. The molecule has 4 heteroatoms. The van der Waals surface area contributed by atoms with Crippen LogP contribution >= 0.6 is 0 Å². The molecule has 2 aliphatic rings. The molecule has 0 unspecified atom stereocenters. The second-order valence-electron chi connectivity index (χ2n) is 9.64. The van der Waals surface area contributed by atoms with E-state index in [1.165, 1.54) is 50.0 Å². The van der Waals surface area contributed by atoms with Gasteiger partial charge in [-0.25, -0.2) is 4.98 Å². The minimum absolute atomic E-state index is 0.897. The summed E-state index contributed by atoms with van der Waals surface area (Å²) >= 11 is 0. The first-order chi connectivity index (χ1) is 17.4. The maximum Gasteiger partial charge on any atom is 0.165 e. The molecule has 2 aliphatic carbocycles. The first-order valence-electron chi connectivity index (χ1n) is 12.1. The summed E-state index contributed by atoms with van der Waals surface area (Å²) < 4.78 is 2.30. The molecule has 0 atom stereocenters. The van der Waals surface area contributed by atoms with E-state index in [0.717, 1.165) is 45.9 Å². The van der Waals surface area contributed by atoms with Crippen molar-refractivity contribution < 1.29 is 0 Å². The zero-order valence-electron chi connectivity index (χ0n) is 18.8. The molecule has 0 bridgehead atoms. The molecule has 3 aromatic carbocycles. The molecule has 7 aromatic rings. The van der Waals surface area contributed by atoms with Gasteiger partial charge in [0.25, 0.3) is 0 Å². The summed E-state index contributed by atoms with van der Waals surface area (Å²) in [4.78, 5) is 14.6. The van der Waals surface area contributed by atoms with Crippen LogP contribution in [0.4, 0.5) is 0 Å². The van der Waals surface area contributed by atoms with Crippen molar-refractivity contribution in [1.29, 1.82) is 0 Å². The van der Waals surface area contributed by atoms with E-state index in [-0.39, 0.29) is 0 Å². The molecular formula is C31H18N4. The monoisotopic (exact) mass is 446 g/mol. The molecule has 9 rings (SSSR count). The molecule has 0 fully saturated rings. The summed E-state index contributed by atoms with van der Waals surface area (Å²) in [6.07, 6.45) is 5.64. The summed E-state index contributed by atoms with van der Waals surface area (Å²) in [6.45, 7) is 0. The number of benzene rings is 3. The molecule has 0 saturated carbocycles. The van der Waals surface area contributed by atoms with E-state index in [4.69, 9.17) is 15.0 Å². The van der Waals surface area contributed by atoms with Crippen LogP contribution in [-0.2, 0) is 12.8 Å². The van der Waals surface area contributed by atoms with Gasteiger partial charge in [-0.2, -0.15) is 0 Å². The number of nitrogens with zero attached hydrogens (tertiary/aromatic N) is 4. The Morgan fingerprint density at radius 1 is 0.629 bits per heavy atom. The van der Waals surface area contributed by atoms with Crippen LogP contribution in [0.1, 0.15) is 22.3 Å². The van der Waals surface area contributed by atoms with Crippen LogP contribution < -0.4 is 0 Å². The van der Waals surface area contributed by atoms with Crippen LogP contribution in [0.3, 0.4) is 0 Å². The van der Waals surface area contributed by atoms with Crippen molar-refractivity contribution in [1.82, 2.24) is 19.4 Å². The van der Waals surface area contributed by atoms with E-state index in [1.54, 1.807) is 0 Å². The Morgan fingerprint density at radius 2 is 1.46 bits per heavy atom. The standard InChI is InChI=1S/C31H18N4/c1-2-6-19-17(5-1)15-18-9-10-20-21-11-12-25-30(24(21)16-23(20)27(18)19)35-26-8-4-14-32-28(26)22-7-3-13-33-29(22)31(35)34-25/h1-14H,15-16H2. The number of hydrogen-bond donors (Lipinski definition) is 0. The van der Waals surface area contributed by atoms with Gasteiger partial charge >= 0.3 is 0 Å². The molecule has 0 spiro atoms. The Kier molecular flexibility index (Phi) is 3.11. The SMILES string of the molecule is c1ccc2c(c1)Cc1ccc3c(c1-2)Cc1c-3ccc2nc3c4ncccc4c4ncccc4n3c12. The highest BCUT2D eigenvalue weighted by atomic mass is 15.0. The highest BCUT2D eigenvalue weighted by molar-refractivity contribution is 6.11. The van der Waals surface area contributed by atoms with E-state index in [2.05, 4.69) is 65.1 Å². The van der Waals surface area contributed by atoms with E-state index in [0.29, 0.717) is 0 Å². The number of aromatic nitrogens is 4. The number of fused-ring (bicyclic) bond motifs is 16. The molecule has 0 saturated heterocycles. The van der Waals surface area contributed by atoms with Crippen LogP contribution in [0.15, 0.2) is 85.2 Å². The van der Waals surface area contributed by atoms with Gasteiger partial charge in [0.2, 0.25) is 0 Å². The van der Waals surface area contributed by atoms with Crippen LogP contribution in [0.5, 0.6) is 0 Å². The Bertz CT molecular complexity index is 2070. The minimum atomic E-state index is 0.897. The average molecular weight is 447 g/mol. The summed E-state index contributed by atoms with van der Waals surface area (Å²) in [7, 11) is 0. The molecule has 0 aliphatic heterocycles. The van der Waals surface area contributed by atoms with Gasteiger partial charge in [-0.1, -0.05) is 42.5 Å². The molecule has 162 valence electrons. The average Bonchev–Trinajstić information content (AvgIpc) is 3.59. The summed E-state index contributed by atoms with van der Waals surface area (Å²) in [5.41, 5.74) is 17.2. The largest absolute Gasteiger partial charge is 0.288 e. The van der Waals surface area contributed by atoms with Crippen molar-refractivity contribution in [2.24, 2.45) is 0 Å². The molecule has 0 amide bonds. The van der Waals surface area contributed by atoms with Crippen molar-refractivity contribution in [2.75, 3.05) is 0 Å². The lowest BCUT2D eigenvalue weighted by Gasteiger charge is -2.09. The van der Waals surface area contributed by atoms with Crippen molar-refractivity contribution >= 4 is 38.6 Å². The molecule has 35 heavy (non-hydrogen) atoms. The lowest BCUT2D eigenvalue weighted by molar-refractivity contribution is 1.22. The van der Waals surface area contributed by atoms with Crippen molar-refractivity contribution in [3.8, 4) is 22.3 Å². The van der Waals surface area contributed by atoms with E-state index in [9.17, 15) is 0 Å². The lowest BCUT2D eigenvalue weighted by atomic mass is 9.95. The van der Waals surface area contributed by atoms with Gasteiger partial charge in [0.05, 0.1) is 22.1 Å². The fourth-order valence-corrected chi connectivity index (χ4v) is 6.53. The summed E-state index contributed by atoms with van der Waals surface area (Å²) in [5.74, 6) is 0. The Labute approximate surface area is 200 Å². The van der Waals surface area contributed by atoms with Gasteiger partial charge < -0.3 is 0 Å². The van der Waals surface area contributed by atoms with Crippen molar-refractivity contribution in [3.05, 3.63) is 107 Å². The highest BCUT2D eigenvalue weighted by Gasteiger charge is 2.30. The smallest absolute Gasteiger partial charge is 0.165 e. The van der Waals surface area contributed by atoms with Crippen LogP contribution in [-0.4, -0.2) is 19.4 Å². The van der Waals surface area contributed by atoms with Gasteiger partial charge in [-0.05, 0) is 81.3 Å². The summed E-state index contributed by atoms with van der Waals surface area (Å²) in [5, 5.41) is 1.04. The van der Waals surface area contributed by atoms with Crippen LogP contribution in [0, 0.1) is 0 Å². The quantitative estimate of drug-likeness (QED) is 0.243. The number of rotatable bonds is 0. The third kappa shape index (κ3) is 2.11. The second kappa shape index (κ2) is 6.10. The lowest BCUT2D eigenvalue weighted by Crippen LogP contribution is -1.96. The predicted octanol–water partition coefficient (Wildman–Crippen LogP) is 6.73. The third-order valence-electron chi connectivity index (χ3n) is 7.94. The maximum atomic E-state index is 5.11. The Balaban J connectivity index is 1.42. The zero-order chi connectivity index (χ0) is 22.7. The third-order valence-corrected chi connectivity index (χ3v) is 7.94. The zero-order valence-corrected chi connectivity index (χ0v) is 18.8. The molecule has 0 radical (unpaired) electrons. The highest BCUT2D eigenvalue weighted by Crippen LogP contribution is 2.49. The minimum Gasteiger partial charge on any atom is -0.288 e. The first kappa shape index (κ1) is 17.8. The maximum absolute atomic E-state index is 5.11.